The Morgan fingerprint density at radius 3 is 2.58 bits per heavy atom. The van der Waals surface area contributed by atoms with Crippen molar-refractivity contribution in [3.8, 4) is 11.5 Å². The second-order valence-corrected chi connectivity index (χ2v) is 10.3. The molecule has 1 fully saturated rings. The van der Waals surface area contributed by atoms with Gasteiger partial charge in [0.05, 0.1) is 0 Å². The van der Waals surface area contributed by atoms with Gasteiger partial charge in [-0.1, -0.05) is 12.1 Å². The molecule has 1 atom stereocenters. The molecule has 4 N–H and O–H groups in total. The van der Waals surface area contributed by atoms with Crippen molar-refractivity contribution in [3.05, 3.63) is 62.7 Å². The fourth-order valence-electron chi connectivity index (χ4n) is 4.87. The van der Waals surface area contributed by atoms with E-state index in [4.69, 9.17) is 9.15 Å². The van der Waals surface area contributed by atoms with Crippen LogP contribution in [0.2, 0.25) is 0 Å². The molecule has 0 spiro atoms. The highest BCUT2D eigenvalue weighted by Crippen LogP contribution is 2.39. The van der Waals surface area contributed by atoms with E-state index in [0.29, 0.717) is 16.3 Å². The van der Waals surface area contributed by atoms with Crippen molar-refractivity contribution in [2.45, 2.75) is 53.2 Å². The number of phenols is 1. The van der Waals surface area contributed by atoms with Crippen LogP contribution in [0.15, 0.2) is 33.6 Å². The number of benzene rings is 2. The zero-order chi connectivity index (χ0) is 26.0. The molecule has 0 bridgehead atoms. The highest BCUT2D eigenvalue weighted by Gasteiger charge is 2.26. The summed E-state index contributed by atoms with van der Waals surface area (Å²) in [7, 11) is 0. The van der Waals surface area contributed by atoms with E-state index >= 15 is 0 Å². The molecule has 1 amide bonds. The topological polar surface area (TPSA) is 108 Å². The van der Waals surface area contributed by atoms with Crippen LogP contribution in [-0.2, 0) is 16.1 Å². The van der Waals surface area contributed by atoms with Crippen molar-refractivity contribution in [2.24, 2.45) is 0 Å². The van der Waals surface area contributed by atoms with E-state index in [-0.39, 0.29) is 12.0 Å². The summed E-state index contributed by atoms with van der Waals surface area (Å²) >= 11 is 0.829. The smallest absolute Gasteiger partial charge is 0.347 e. The molecule has 1 aliphatic rings. The zero-order valence-electron chi connectivity index (χ0n) is 21.2. The number of fused-ring (bicyclic) bond motifs is 1. The van der Waals surface area contributed by atoms with E-state index in [1.807, 2.05) is 52.0 Å². The van der Waals surface area contributed by atoms with Gasteiger partial charge in [0.25, 0.3) is 0 Å². The summed E-state index contributed by atoms with van der Waals surface area (Å²) in [6, 6.07) is 7.49. The van der Waals surface area contributed by atoms with Crippen molar-refractivity contribution in [1.82, 2.24) is 4.90 Å². The highest BCUT2D eigenvalue weighted by molar-refractivity contribution is 8.16. The minimum Gasteiger partial charge on any atom is -0.507 e. The van der Waals surface area contributed by atoms with Crippen LogP contribution in [0.25, 0.3) is 17.0 Å². The molecular formula is C28H33N2O5S+. The Kier molecular flexibility index (Phi) is 7.88. The van der Waals surface area contributed by atoms with Gasteiger partial charge in [0.1, 0.15) is 33.9 Å². The molecule has 0 aliphatic carbocycles. The van der Waals surface area contributed by atoms with Crippen LogP contribution in [0.5, 0.6) is 11.5 Å². The standard InChI is InChI=1S/C28H32N2O5S/c1-16-17(2)27-25(18(3)26(16)32)23(19(4)34-27)14-30-11-5-6-22(13-30)35-21-9-7-20(8-10-21)12-24(28(29)33)36-15-31/h7-10,12,15,22,32H,5-6,11,13-14H2,1-4H3,(H2,29,33)/p+1/b24-12+/t22-/m1/s1. The van der Waals surface area contributed by atoms with E-state index in [1.54, 1.807) is 6.08 Å². The number of thioether (sulfide) groups is 1. The summed E-state index contributed by atoms with van der Waals surface area (Å²) in [6.45, 7) is 10.4. The number of aryl methyl sites for hydroxylation is 3. The van der Waals surface area contributed by atoms with Crippen molar-refractivity contribution in [3.63, 3.8) is 0 Å². The molecule has 2 aromatic carbocycles. The summed E-state index contributed by atoms with van der Waals surface area (Å²) in [6.07, 6.45) is 3.71. The van der Waals surface area contributed by atoms with E-state index in [2.05, 4.69) is 10.6 Å². The number of carbonyl (C=O) groups is 2. The quantitative estimate of drug-likeness (QED) is 0.341. The normalized spacial score (nSPS) is 16.9. The first-order valence-electron chi connectivity index (χ1n) is 12.1. The Morgan fingerprint density at radius 1 is 1.19 bits per heavy atom. The van der Waals surface area contributed by atoms with Gasteiger partial charge >= 0.3 is 5.91 Å². The first-order chi connectivity index (χ1) is 17.2. The highest BCUT2D eigenvalue weighted by atomic mass is 32.2. The van der Waals surface area contributed by atoms with Gasteiger partial charge in [-0.2, -0.15) is 0 Å². The average molecular weight is 510 g/mol. The largest absolute Gasteiger partial charge is 0.507 e. The van der Waals surface area contributed by atoms with Crippen LogP contribution in [0, 0.1) is 27.7 Å². The maximum Gasteiger partial charge on any atom is 0.347 e. The fraction of sp³-hybridized carbons (Fsp3) is 0.357. The number of ether oxygens (including phenoxy) is 1. The fourth-order valence-corrected chi connectivity index (χ4v) is 5.31. The van der Waals surface area contributed by atoms with Gasteiger partial charge in [-0.25, -0.2) is 4.79 Å². The molecule has 1 saturated heterocycles. The monoisotopic (exact) mass is 509 g/mol. The lowest BCUT2D eigenvalue weighted by Gasteiger charge is -2.33. The number of furan rings is 1. The summed E-state index contributed by atoms with van der Waals surface area (Å²) in [4.78, 5) is 25.0. The Morgan fingerprint density at radius 2 is 1.92 bits per heavy atom. The number of nitrogens with zero attached hydrogens (tertiary/aromatic N) is 1. The van der Waals surface area contributed by atoms with Gasteiger partial charge in [-0.15, -0.1) is 0 Å². The second kappa shape index (κ2) is 10.9. The van der Waals surface area contributed by atoms with Crippen molar-refractivity contribution in [1.29, 1.82) is 0 Å². The van der Waals surface area contributed by atoms with Gasteiger partial charge < -0.3 is 14.3 Å². The van der Waals surface area contributed by atoms with Crippen molar-refractivity contribution >= 4 is 40.3 Å². The second-order valence-electron chi connectivity index (χ2n) is 9.40. The van der Waals surface area contributed by atoms with E-state index in [0.717, 1.165) is 94.5 Å². The molecule has 1 aromatic heterocycles. The van der Waals surface area contributed by atoms with Crippen LogP contribution in [0.3, 0.4) is 0 Å². The molecule has 2 heterocycles. The number of hydrogen-bond donors (Lipinski definition) is 2. The first kappa shape index (κ1) is 26.0. The predicted molar refractivity (Wildman–Crippen MR) is 142 cm³/mol. The maximum atomic E-state index is 11.6. The molecule has 4 rings (SSSR count). The van der Waals surface area contributed by atoms with Gasteiger partial charge in [-0.05, 0) is 93.7 Å². The number of carbonyl (C=O) groups excluding carboxylic acids is 2. The van der Waals surface area contributed by atoms with Gasteiger partial charge in [-0.3, -0.25) is 15.4 Å². The lowest BCUT2D eigenvalue weighted by atomic mass is 9.97. The lowest BCUT2D eigenvalue weighted by Crippen LogP contribution is -2.57. The predicted octanol–water partition coefficient (Wildman–Crippen LogP) is 4.45. The van der Waals surface area contributed by atoms with E-state index in [1.165, 1.54) is 0 Å². The Labute approximate surface area is 215 Å². The molecule has 0 unspecified atom stereocenters. The van der Waals surface area contributed by atoms with Gasteiger partial charge in [0.15, 0.2) is 5.62 Å². The number of phenolic OH excluding ortho intramolecular Hbond substituents is 1. The molecule has 0 saturated carbocycles. The van der Waals surface area contributed by atoms with Crippen molar-refractivity contribution < 1.29 is 29.6 Å². The third kappa shape index (κ3) is 5.36. The van der Waals surface area contributed by atoms with Crippen LogP contribution in [-0.4, -0.2) is 40.7 Å². The summed E-state index contributed by atoms with van der Waals surface area (Å²) in [5.74, 6) is 1.62. The molecule has 3 aromatic rings. The third-order valence-corrected chi connectivity index (χ3v) is 7.67. The number of rotatable bonds is 8. The molecule has 190 valence electrons. The number of quaternary nitrogens is 1. The molecule has 36 heavy (non-hydrogen) atoms. The number of amides is 1. The molecular weight excluding hydrogens is 476 g/mol. The summed E-state index contributed by atoms with van der Waals surface area (Å²) < 4.78 is 12.4. The van der Waals surface area contributed by atoms with E-state index in [9.17, 15) is 14.7 Å². The summed E-state index contributed by atoms with van der Waals surface area (Å²) in [5, 5.41) is 11.7. The zero-order valence-corrected chi connectivity index (χ0v) is 22.0. The SMILES string of the molecule is Cc1oc2c(C)c(C)c(O)c(C)c2c1CN1CCC[C@@H](Oc2ccc(/C=C(/SC=O)C([NH3+])=O)cc2)C1. The molecule has 1 aliphatic heterocycles. The van der Waals surface area contributed by atoms with Crippen LogP contribution < -0.4 is 10.5 Å². The Hall–Kier alpha value is -3.07. The van der Waals surface area contributed by atoms with Gasteiger partial charge in [0.2, 0.25) is 0 Å². The van der Waals surface area contributed by atoms with Crippen molar-refractivity contribution in [2.75, 3.05) is 13.1 Å². The van der Waals surface area contributed by atoms with Crippen LogP contribution in [0.4, 0.5) is 0 Å². The minimum absolute atomic E-state index is 0.0553. The molecule has 7 nitrogen and oxygen atoms in total. The molecule has 0 radical (unpaired) electrons. The Bertz CT molecular complexity index is 1330. The minimum atomic E-state index is -0.383. The number of piperidine rings is 1. The number of likely N-dealkylation sites (tertiary alicyclic amines) is 1. The third-order valence-electron chi connectivity index (χ3n) is 6.97. The van der Waals surface area contributed by atoms with Crippen LogP contribution >= 0.6 is 11.8 Å². The summed E-state index contributed by atoms with van der Waals surface area (Å²) in [5.41, 5.74) is 9.53. The Balaban J connectivity index is 1.47. The van der Waals surface area contributed by atoms with Crippen LogP contribution in [0.1, 0.15) is 46.4 Å². The first-order valence-corrected chi connectivity index (χ1v) is 13.0. The van der Waals surface area contributed by atoms with Gasteiger partial charge in [0, 0.05) is 29.6 Å². The number of hydrogen-bond acceptors (Lipinski definition) is 7. The molecule has 8 heteroatoms. The lowest BCUT2D eigenvalue weighted by molar-refractivity contribution is -0.297. The number of aromatic hydroxyl groups is 1. The average Bonchev–Trinajstić information content (AvgIpc) is 3.18. The van der Waals surface area contributed by atoms with E-state index < -0.39 is 0 Å². The maximum absolute atomic E-state index is 11.6.